The van der Waals surface area contributed by atoms with Gasteiger partial charge < -0.3 is 10.4 Å². The highest BCUT2D eigenvalue weighted by Crippen LogP contribution is 2.39. The van der Waals surface area contributed by atoms with E-state index in [-0.39, 0.29) is 25.8 Å². The van der Waals surface area contributed by atoms with Gasteiger partial charge in [0.1, 0.15) is 5.75 Å². The third-order valence-corrected chi connectivity index (χ3v) is 4.80. The van der Waals surface area contributed by atoms with Crippen LogP contribution in [0.25, 0.3) is 0 Å². The van der Waals surface area contributed by atoms with Crippen LogP contribution in [0.1, 0.15) is 10.4 Å². The Morgan fingerprint density at radius 2 is 1.75 bits per heavy atom. The number of hydrogen-bond acceptors (Lipinski definition) is 2. The van der Waals surface area contributed by atoms with Crippen molar-refractivity contribution in [3.63, 3.8) is 0 Å². The second kappa shape index (κ2) is 6.35. The Kier molecular flexibility index (Phi) is 4.96. The average molecular weight is 440 g/mol. The van der Waals surface area contributed by atoms with Gasteiger partial charge in [0.15, 0.2) is 0 Å². The van der Waals surface area contributed by atoms with E-state index >= 15 is 0 Å². The number of rotatable bonds is 2. The average Bonchev–Trinajstić information content (AvgIpc) is 2.43. The van der Waals surface area contributed by atoms with Gasteiger partial charge in [-0.2, -0.15) is 0 Å². The number of halogens is 4. The molecule has 0 unspecified atom stereocenters. The molecule has 1 amide bonds. The van der Waals surface area contributed by atoms with Gasteiger partial charge >= 0.3 is 0 Å². The second-order valence-electron chi connectivity index (χ2n) is 3.84. The van der Waals surface area contributed by atoms with Gasteiger partial charge in [-0.3, -0.25) is 4.79 Å². The molecule has 3 nitrogen and oxygen atoms in total. The Balaban J connectivity index is 2.32. The highest BCUT2D eigenvalue weighted by molar-refractivity contribution is 9.11. The quantitative estimate of drug-likeness (QED) is 0.609. The van der Waals surface area contributed by atoms with Crippen LogP contribution < -0.4 is 5.32 Å². The van der Waals surface area contributed by atoms with E-state index in [1.807, 2.05) is 0 Å². The summed E-state index contributed by atoms with van der Waals surface area (Å²) in [6.45, 7) is 0. The van der Waals surface area contributed by atoms with E-state index < -0.39 is 5.91 Å². The van der Waals surface area contributed by atoms with Crippen molar-refractivity contribution in [2.75, 3.05) is 5.32 Å². The number of hydrogen-bond donors (Lipinski definition) is 2. The number of anilines is 1. The number of benzene rings is 2. The molecule has 0 saturated carbocycles. The molecule has 0 radical (unpaired) electrons. The van der Waals surface area contributed by atoms with Crippen LogP contribution >= 0.6 is 55.1 Å². The Morgan fingerprint density at radius 3 is 2.35 bits per heavy atom. The van der Waals surface area contributed by atoms with Crippen LogP contribution in [-0.2, 0) is 0 Å². The third kappa shape index (κ3) is 3.28. The van der Waals surface area contributed by atoms with E-state index in [9.17, 15) is 9.90 Å². The van der Waals surface area contributed by atoms with Gasteiger partial charge in [0.25, 0.3) is 5.91 Å². The normalized spacial score (nSPS) is 10.4. The number of carbonyl (C=O) groups excluding carboxylic acids is 1. The predicted octanol–water partition coefficient (Wildman–Crippen LogP) is 5.48. The fourth-order valence-electron chi connectivity index (χ4n) is 1.49. The van der Waals surface area contributed by atoms with Crippen LogP contribution in [-0.4, -0.2) is 11.0 Å². The fraction of sp³-hybridized carbons (Fsp3) is 0. The summed E-state index contributed by atoms with van der Waals surface area (Å²) in [5, 5.41) is 12.9. The summed E-state index contributed by atoms with van der Waals surface area (Å²) in [6, 6.07) is 8.36. The van der Waals surface area contributed by atoms with Crippen molar-refractivity contribution in [3.8, 4) is 5.75 Å². The monoisotopic (exact) mass is 437 g/mol. The summed E-state index contributed by atoms with van der Waals surface area (Å²) in [5.74, 6) is -0.738. The second-order valence-corrected chi connectivity index (χ2v) is 6.34. The van der Waals surface area contributed by atoms with Gasteiger partial charge in [0.05, 0.1) is 20.1 Å². The lowest BCUT2D eigenvalue weighted by molar-refractivity contribution is 0.102. The maximum Gasteiger partial charge on any atom is 0.259 e. The van der Waals surface area contributed by atoms with Gasteiger partial charge in [0.2, 0.25) is 0 Å². The predicted molar refractivity (Wildman–Crippen MR) is 87.9 cm³/mol. The Hall–Kier alpha value is -0.750. The van der Waals surface area contributed by atoms with Gasteiger partial charge in [-0.15, -0.1) is 0 Å². The first kappa shape index (κ1) is 15.6. The zero-order chi connectivity index (χ0) is 14.9. The SMILES string of the molecule is O=C(Nc1ccc(Br)cc1)c1cc(Cl)c(Cl)c(Br)c1O. The molecule has 0 aliphatic heterocycles. The molecule has 0 aliphatic carbocycles. The maximum atomic E-state index is 12.1. The van der Waals surface area contributed by atoms with Crippen LogP contribution in [0.15, 0.2) is 39.3 Å². The van der Waals surface area contributed by atoms with E-state index in [1.165, 1.54) is 6.07 Å². The molecule has 2 N–H and O–H groups in total. The van der Waals surface area contributed by atoms with E-state index in [2.05, 4.69) is 37.2 Å². The van der Waals surface area contributed by atoms with Crippen molar-refractivity contribution < 1.29 is 9.90 Å². The summed E-state index contributed by atoms with van der Waals surface area (Å²) in [6.07, 6.45) is 0. The van der Waals surface area contributed by atoms with Gasteiger partial charge in [-0.25, -0.2) is 0 Å². The molecule has 2 aromatic carbocycles. The number of nitrogens with one attached hydrogen (secondary N) is 1. The summed E-state index contributed by atoms with van der Waals surface area (Å²) >= 11 is 18.2. The molecule has 0 spiro atoms. The standard InChI is InChI=1S/C13H7Br2Cl2NO2/c14-6-1-3-7(4-2-6)18-13(20)8-5-9(16)11(17)10(15)12(8)19/h1-5,19H,(H,18,20). The minimum Gasteiger partial charge on any atom is -0.506 e. The van der Waals surface area contributed by atoms with Crippen LogP contribution in [0.4, 0.5) is 5.69 Å². The molecule has 7 heteroatoms. The Bertz CT molecular complexity index is 675. The Morgan fingerprint density at radius 1 is 1.15 bits per heavy atom. The number of phenolic OH excluding ortho intramolecular Hbond substituents is 1. The van der Waals surface area contributed by atoms with E-state index in [0.717, 1.165) is 4.47 Å². The van der Waals surface area contributed by atoms with Crippen molar-refractivity contribution in [2.45, 2.75) is 0 Å². The summed E-state index contributed by atoms with van der Waals surface area (Å²) in [7, 11) is 0. The van der Waals surface area contributed by atoms with Gasteiger partial charge in [-0.05, 0) is 46.3 Å². The van der Waals surface area contributed by atoms with Crippen LogP contribution in [0.2, 0.25) is 10.0 Å². The van der Waals surface area contributed by atoms with Crippen molar-refractivity contribution in [3.05, 3.63) is 54.9 Å². The number of phenols is 1. The lowest BCUT2D eigenvalue weighted by atomic mass is 10.2. The molecule has 0 fully saturated rings. The van der Waals surface area contributed by atoms with E-state index in [4.69, 9.17) is 23.2 Å². The zero-order valence-corrected chi connectivity index (χ0v) is 14.4. The Labute approximate surface area is 142 Å². The summed E-state index contributed by atoms with van der Waals surface area (Å²) < 4.78 is 1.09. The smallest absolute Gasteiger partial charge is 0.259 e. The molecule has 20 heavy (non-hydrogen) atoms. The summed E-state index contributed by atoms with van der Waals surface area (Å²) in [5.41, 5.74) is 0.633. The number of carbonyl (C=O) groups is 1. The molecule has 0 aliphatic rings. The van der Waals surface area contributed by atoms with Crippen LogP contribution in [0.5, 0.6) is 5.75 Å². The molecule has 0 atom stereocenters. The van der Waals surface area contributed by atoms with E-state index in [1.54, 1.807) is 24.3 Å². The molecule has 104 valence electrons. The molecular weight excluding hydrogens is 433 g/mol. The van der Waals surface area contributed by atoms with Crippen molar-refractivity contribution in [1.82, 2.24) is 0 Å². The lowest BCUT2D eigenvalue weighted by Crippen LogP contribution is -2.12. The van der Waals surface area contributed by atoms with Crippen LogP contribution in [0, 0.1) is 0 Å². The minimum absolute atomic E-state index is 0.0363. The minimum atomic E-state index is -0.482. The largest absolute Gasteiger partial charge is 0.506 e. The topological polar surface area (TPSA) is 49.3 Å². The van der Waals surface area contributed by atoms with Crippen LogP contribution in [0.3, 0.4) is 0 Å². The third-order valence-electron chi connectivity index (χ3n) is 2.48. The molecule has 0 heterocycles. The maximum absolute atomic E-state index is 12.1. The first-order valence-corrected chi connectivity index (χ1v) is 7.67. The van der Waals surface area contributed by atoms with Gasteiger partial charge in [-0.1, -0.05) is 39.1 Å². The highest BCUT2D eigenvalue weighted by atomic mass is 79.9. The molecular formula is C13H7Br2Cl2NO2. The molecule has 2 rings (SSSR count). The van der Waals surface area contributed by atoms with Gasteiger partial charge in [0, 0.05) is 10.2 Å². The highest BCUT2D eigenvalue weighted by Gasteiger charge is 2.19. The molecule has 0 saturated heterocycles. The van der Waals surface area contributed by atoms with Crippen molar-refractivity contribution in [1.29, 1.82) is 0 Å². The van der Waals surface area contributed by atoms with Crippen molar-refractivity contribution in [2.24, 2.45) is 0 Å². The molecule has 0 aromatic heterocycles. The molecule has 2 aromatic rings. The van der Waals surface area contributed by atoms with E-state index in [0.29, 0.717) is 5.69 Å². The zero-order valence-electron chi connectivity index (χ0n) is 9.75. The van der Waals surface area contributed by atoms with Crippen molar-refractivity contribution >= 4 is 66.7 Å². The number of aromatic hydroxyl groups is 1. The lowest BCUT2D eigenvalue weighted by Gasteiger charge is -2.10. The first-order chi connectivity index (χ1) is 9.40. The molecule has 0 bridgehead atoms. The summed E-state index contributed by atoms with van der Waals surface area (Å²) in [4.78, 5) is 12.1. The number of amides is 1. The first-order valence-electron chi connectivity index (χ1n) is 5.33. The fourth-order valence-corrected chi connectivity index (χ4v) is 2.64.